The number of hydrogen-bond acceptors (Lipinski definition) is 6. The van der Waals surface area contributed by atoms with Crippen molar-refractivity contribution in [3.63, 3.8) is 0 Å². The van der Waals surface area contributed by atoms with E-state index in [0.717, 1.165) is 42.0 Å². The molecule has 1 aromatic rings. The molecule has 1 aliphatic rings. The molecule has 0 aromatic carbocycles. The van der Waals surface area contributed by atoms with Gasteiger partial charge in [-0.25, -0.2) is 3.97 Å². The number of thiazole rings is 1. The van der Waals surface area contributed by atoms with Crippen LogP contribution in [0.2, 0.25) is 0 Å². The van der Waals surface area contributed by atoms with Gasteiger partial charge in [0.1, 0.15) is 0 Å². The Bertz CT molecular complexity index is 416. The van der Waals surface area contributed by atoms with Gasteiger partial charge in [-0.3, -0.25) is 4.79 Å². The number of aromatic nitrogens is 1. The molecule has 2 heterocycles. The number of fused-ring (bicyclic) bond motifs is 1. The van der Waals surface area contributed by atoms with E-state index >= 15 is 0 Å². The highest BCUT2D eigenvalue weighted by molar-refractivity contribution is 8.02. The topological polar surface area (TPSA) is 92.8 Å². The summed E-state index contributed by atoms with van der Waals surface area (Å²) in [5.41, 5.74) is 1.01. The van der Waals surface area contributed by atoms with E-state index < -0.39 is 0 Å². The van der Waals surface area contributed by atoms with Crippen molar-refractivity contribution in [3.8, 4) is 5.40 Å². The zero-order chi connectivity index (χ0) is 9.26. The van der Waals surface area contributed by atoms with Crippen molar-refractivity contribution in [2.45, 2.75) is 13.0 Å². The molecule has 0 saturated heterocycles. The maximum Gasteiger partial charge on any atom is 0.318 e. The lowest BCUT2D eigenvalue weighted by atomic mass is 10.2. The average molecular weight is 230 g/mol. The zero-order valence-electron chi connectivity index (χ0n) is 7.45. The van der Waals surface area contributed by atoms with E-state index in [2.05, 4.69) is 5.32 Å². The molecule has 4 N–H and O–H groups in total. The minimum Gasteiger partial charge on any atom is -0.344 e. The third-order valence-electron chi connectivity index (χ3n) is 1.90. The fourth-order valence-electron chi connectivity index (χ4n) is 1.35. The maximum absolute atomic E-state index is 11.4. The SMILES string of the molecule is N.N#CSn1c2c(sc1=O)CNCC2. The van der Waals surface area contributed by atoms with E-state index in [4.69, 9.17) is 5.26 Å². The Morgan fingerprint density at radius 1 is 1.64 bits per heavy atom. The standard InChI is InChI=1S/C7H7N3OS2.H3N/c8-4-12-10-5-1-2-9-3-6(5)13-7(10)11;/h9H,1-3H2;1H3. The van der Waals surface area contributed by atoms with Crippen molar-refractivity contribution in [2.75, 3.05) is 6.54 Å². The van der Waals surface area contributed by atoms with Gasteiger partial charge in [0.15, 0.2) is 5.40 Å². The fourth-order valence-corrected chi connectivity index (χ4v) is 2.99. The van der Waals surface area contributed by atoms with Crippen molar-refractivity contribution in [1.82, 2.24) is 15.4 Å². The lowest BCUT2D eigenvalue weighted by Gasteiger charge is -2.12. The molecule has 2 rings (SSSR count). The predicted molar refractivity (Wildman–Crippen MR) is 57.6 cm³/mol. The van der Waals surface area contributed by atoms with Gasteiger partial charge in [0.25, 0.3) is 0 Å². The van der Waals surface area contributed by atoms with E-state index in [1.807, 2.05) is 5.40 Å². The monoisotopic (exact) mass is 230 g/mol. The van der Waals surface area contributed by atoms with Gasteiger partial charge in [-0.2, -0.15) is 5.26 Å². The zero-order valence-corrected chi connectivity index (χ0v) is 9.08. The van der Waals surface area contributed by atoms with Gasteiger partial charge in [0.05, 0.1) is 17.6 Å². The molecular formula is C7H10N4OS2. The molecule has 0 spiro atoms. The number of nitrogens with zero attached hydrogens (tertiary/aromatic N) is 2. The van der Waals surface area contributed by atoms with E-state index in [9.17, 15) is 4.79 Å². The van der Waals surface area contributed by atoms with Crippen molar-refractivity contribution in [1.29, 1.82) is 5.26 Å². The second kappa shape index (κ2) is 4.61. The van der Waals surface area contributed by atoms with Gasteiger partial charge in [0, 0.05) is 24.4 Å². The van der Waals surface area contributed by atoms with Gasteiger partial charge < -0.3 is 11.5 Å². The van der Waals surface area contributed by atoms with E-state index in [1.165, 1.54) is 15.3 Å². The molecular weight excluding hydrogens is 220 g/mol. The van der Waals surface area contributed by atoms with Crippen LogP contribution in [0.15, 0.2) is 4.79 Å². The third-order valence-corrected chi connectivity index (χ3v) is 3.65. The summed E-state index contributed by atoms with van der Waals surface area (Å²) in [4.78, 5) is 12.4. The Kier molecular flexibility index (Phi) is 3.71. The first kappa shape index (κ1) is 11.3. The summed E-state index contributed by atoms with van der Waals surface area (Å²) in [6.45, 7) is 1.64. The van der Waals surface area contributed by atoms with Crippen molar-refractivity contribution in [2.24, 2.45) is 0 Å². The van der Waals surface area contributed by atoms with Crippen LogP contribution < -0.4 is 16.3 Å². The summed E-state index contributed by atoms with van der Waals surface area (Å²) >= 11 is 2.15. The summed E-state index contributed by atoms with van der Waals surface area (Å²) in [7, 11) is 0. The maximum atomic E-state index is 11.4. The first-order valence-electron chi connectivity index (χ1n) is 3.83. The Labute approximate surface area is 89.5 Å². The van der Waals surface area contributed by atoms with Crippen LogP contribution in [0.25, 0.3) is 0 Å². The Morgan fingerprint density at radius 3 is 3.14 bits per heavy atom. The highest BCUT2D eigenvalue weighted by Gasteiger charge is 2.17. The van der Waals surface area contributed by atoms with Gasteiger partial charge >= 0.3 is 4.87 Å². The summed E-state index contributed by atoms with van der Waals surface area (Å²) in [5.74, 6) is 0. The lowest BCUT2D eigenvalue weighted by molar-refractivity contribution is 0.639. The minimum absolute atomic E-state index is 0. The first-order valence-corrected chi connectivity index (χ1v) is 5.42. The van der Waals surface area contributed by atoms with Gasteiger partial charge in [0.2, 0.25) is 0 Å². The van der Waals surface area contributed by atoms with Gasteiger partial charge in [-0.1, -0.05) is 11.3 Å². The number of thiocyanates is 1. The highest BCUT2D eigenvalue weighted by atomic mass is 32.2. The van der Waals surface area contributed by atoms with Crippen LogP contribution in [0.3, 0.4) is 0 Å². The second-order valence-corrected chi connectivity index (χ2v) is 4.42. The first-order chi connectivity index (χ1) is 6.33. The van der Waals surface area contributed by atoms with Gasteiger partial charge in [-0.15, -0.1) is 0 Å². The molecule has 0 saturated carbocycles. The van der Waals surface area contributed by atoms with Crippen LogP contribution in [-0.2, 0) is 13.0 Å². The number of nitrogens with one attached hydrogen (secondary N) is 1. The normalized spacial score (nSPS) is 13.9. The molecule has 1 aromatic heterocycles. The summed E-state index contributed by atoms with van der Waals surface area (Å²) in [6.07, 6.45) is 0.836. The molecule has 5 nitrogen and oxygen atoms in total. The Hall–Kier alpha value is -0.810. The van der Waals surface area contributed by atoms with Gasteiger partial charge in [-0.05, 0) is 0 Å². The summed E-state index contributed by atoms with van der Waals surface area (Å²) in [5, 5.41) is 13.6. The molecule has 0 unspecified atom stereocenters. The van der Waals surface area contributed by atoms with Crippen LogP contribution in [-0.4, -0.2) is 10.5 Å². The van der Waals surface area contributed by atoms with E-state index in [1.54, 1.807) is 0 Å². The van der Waals surface area contributed by atoms with Crippen LogP contribution >= 0.6 is 23.3 Å². The van der Waals surface area contributed by atoms with Crippen LogP contribution in [0.1, 0.15) is 10.6 Å². The molecule has 76 valence electrons. The summed E-state index contributed by atoms with van der Waals surface area (Å²) < 4.78 is 1.50. The molecule has 0 bridgehead atoms. The van der Waals surface area contributed by atoms with Crippen molar-refractivity contribution >= 4 is 23.3 Å². The van der Waals surface area contributed by atoms with Crippen LogP contribution in [0, 0.1) is 10.7 Å². The molecule has 0 aliphatic carbocycles. The third kappa shape index (κ3) is 1.83. The molecule has 0 fully saturated rings. The fraction of sp³-hybridized carbons (Fsp3) is 0.429. The molecule has 0 radical (unpaired) electrons. The molecule has 0 atom stereocenters. The molecule has 14 heavy (non-hydrogen) atoms. The van der Waals surface area contributed by atoms with Crippen LogP contribution in [0.4, 0.5) is 0 Å². The number of rotatable bonds is 1. The molecule has 1 aliphatic heterocycles. The minimum atomic E-state index is -0.0414. The largest absolute Gasteiger partial charge is 0.344 e. The van der Waals surface area contributed by atoms with Crippen molar-refractivity contribution < 1.29 is 0 Å². The van der Waals surface area contributed by atoms with E-state index in [0.29, 0.717) is 0 Å². The smallest absolute Gasteiger partial charge is 0.318 e. The Balaban J connectivity index is 0.000000980. The average Bonchev–Trinajstić information content (AvgIpc) is 2.44. The molecule has 0 amide bonds. The van der Waals surface area contributed by atoms with Crippen LogP contribution in [0.5, 0.6) is 0 Å². The molecule has 7 heteroatoms. The van der Waals surface area contributed by atoms with E-state index in [-0.39, 0.29) is 11.0 Å². The lowest BCUT2D eigenvalue weighted by Crippen LogP contribution is -2.24. The number of hydrogen-bond donors (Lipinski definition) is 2. The second-order valence-electron chi connectivity index (χ2n) is 2.64. The summed E-state index contributed by atoms with van der Waals surface area (Å²) in [6, 6.07) is 0. The number of nitriles is 1. The quantitative estimate of drug-likeness (QED) is 0.692. The Morgan fingerprint density at radius 2 is 2.43 bits per heavy atom. The highest BCUT2D eigenvalue weighted by Crippen LogP contribution is 2.19. The van der Waals surface area contributed by atoms with Crippen molar-refractivity contribution in [3.05, 3.63) is 20.2 Å². The predicted octanol–water partition coefficient (Wildman–Crippen LogP) is 0.695.